The second-order valence-corrected chi connectivity index (χ2v) is 6.50. The van der Waals surface area contributed by atoms with Crippen LogP contribution in [0, 0.1) is 5.92 Å². The SMILES string of the molecule is COc1ccc(C(O)CNC(=O)NC2c3ccccc3CC2C)cc1. The molecule has 25 heavy (non-hydrogen) atoms. The second kappa shape index (κ2) is 7.57. The summed E-state index contributed by atoms with van der Waals surface area (Å²) in [6.45, 7) is 2.29. The van der Waals surface area contributed by atoms with Gasteiger partial charge in [-0.3, -0.25) is 0 Å². The minimum atomic E-state index is -0.759. The lowest BCUT2D eigenvalue weighted by Gasteiger charge is -2.20. The Morgan fingerprint density at radius 2 is 1.96 bits per heavy atom. The van der Waals surface area contributed by atoms with Crippen LogP contribution in [0.5, 0.6) is 5.75 Å². The number of benzene rings is 2. The zero-order valence-corrected chi connectivity index (χ0v) is 14.5. The minimum Gasteiger partial charge on any atom is -0.497 e. The monoisotopic (exact) mass is 340 g/mol. The smallest absolute Gasteiger partial charge is 0.315 e. The van der Waals surface area contributed by atoms with Crippen molar-refractivity contribution in [1.82, 2.24) is 10.6 Å². The highest BCUT2D eigenvalue weighted by molar-refractivity contribution is 5.74. The molecule has 0 aromatic heterocycles. The number of urea groups is 1. The predicted molar refractivity (Wildman–Crippen MR) is 96.5 cm³/mol. The fraction of sp³-hybridized carbons (Fsp3) is 0.350. The first-order valence-electron chi connectivity index (χ1n) is 8.52. The van der Waals surface area contributed by atoms with Crippen molar-refractivity contribution in [2.24, 2.45) is 5.92 Å². The molecule has 0 bridgehead atoms. The lowest BCUT2D eigenvalue weighted by Crippen LogP contribution is -2.40. The van der Waals surface area contributed by atoms with E-state index in [0.29, 0.717) is 5.92 Å². The van der Waals surface area contributed by atoms with Gasteiger partial charge < -0.3 is 20.5 Å². The van der Waals surface area contributed by atoms with Crippen LogP contribution in [0.4, 0.5) is 4.79 Å². The van der Waals surface area contributed by atoms with Gasteiger partial charge in [0.25, 0.3) is 0 Å². The summed E-state index contributed by atoms with van der Waals surface area (Å²) in [7, 11) is 1.60. The van der Waals surface area contributed by atoms with Crippen molar-refractivity contribution in [2.75, 3.05) is 13.7 Å². The van der Waals surface area contributed by atoms with Crippen LogP contribution >= 0.6 is 0 Å². The number of rotatable bonds is 5. The van der Waals surface area contributed by atoms with Gasteiger partial charge >= 0.3 is 6.03 Å². The Bertz CT molecular complexity index is 730. The van der Waals surface area contributed by atoms with Crippen molar-refractivity contribution in [3.8, 4) is 5.75 Å². The van der Waals surface area contributed by atoms with Gasteiger partial charge in [-0.1, -0.05) is 43.3 Å². The van der Waals surface area contributed by atoms with Crippen molar-refractivity contribution in [1.29, 1.82) is 0 Å². The van der Waals surface area contributed by atoms with E-state index in [-0.39, 0.29) is 18.6 Å². The Morgan fingerprint density at radius 1 is 1.24 bits per heavy atom. The van der Waals surface area contributed by atoms with E-state index < -0.39 is 6.10 Å². The van der Waals surface area contributed by atoms with E-state index in [0.717, 1.165) is 17.7 Å². The number of hydrogen-bond acceptors (Lipinski definition) is 3. The third-order valence-corrected chi connectivity index (χ3v) is 4.74. The summed E-state index contributed by atoms with van der Waals surface area (Å²) in [5.41, 5.74) is 3.21. The van der Waals surface area contributed by atoms with Crippen molar-refractivity contribution in [3.63, 3.8) is 0 Å². The summed E-state index contributed by atoms with van der Waals surface area (Å²) in [4.78, 5) is 12.2. The number of carbonyl (C=O) groups excluding carboxylic acids is 1. The molecule has 3 rings (SSSR count). The highest BCUT2D eigenvalue weighted by Crippen LogP contribution is 2.35. The van der Waals surface area contributed by atoms with Gasteiger partial charge in [-0.05, 0) is 41.2 Å². The maximum absolute atomic E-state index is 12.2. The van der Waals surface area contributed by atoms with E-state index in [4.69, 9.17) is 4.74 Å². The van der Waals surface area contributed by atoms with Gasteiger partial charge in [0.05, 0.1) is 19.3 Å². The topological polar surface area (TPSA) is 70.6 Å². The summed E-state index contributed by atoms with van der Waals surface area (Å²) in [5.74, 6) is 1.09. The molecule has 1 aliphatic rings. The van der Waals surface area contributed by atoms with Gasteiger partial charge in [-0.15, -0.1) is 0 Å². The summed E-state index contributed by atoms with van der Waals surface area (Å²) in [5, 5.41) is 16.0. The number of ether oxygens (including phenoxy) is 1. The van der Waals surface area contributed by atoms with Crippen LogP contribution < -0.4 is 15.4 Å². The summed E-state index contributed by atoms with van der Waals surface area (Å²) < 4.78 is 5.10. The molecule has 3 atom stereocenters. The Balaban J connectivity index is 1.54. The fourth-order valence-corrected chi connectivity index (χ4v) is 3.34. The standard InChI is InChI=1S/C20H24N2O3/c1-13-11-15-5-3-4-6-17(15)19(13)22-20(24)21-12-18(23)14-7-9-16(25-2)10-8-14/h3-10,13,18-19,23H,11-12H2,1-2H3,(H2,21,22,24). The quantitative estimate of drug-likeness (QED) is 0.784. The third-order valence-electron chi connectivity index (χ3n) is 4.74. The highest BCUT2D eigenvalue weighted by atomic mass is 16.5. The number of carbonyl (C=O) groups is 1. The highest BCUT2D eigenvalue weighted by Gasteiger charge is 2.30. The number of fused-ring (bicyclic) bond motifs is 1. The molecular weight excluding hydrogens is 316 g/mol. The molecule has 0 spiro atoms. The number of amides is 2. The summed E-state index contributed by atoms with van der Waals surface area (Å²) in [6, 6.07) is 15.1. The molecular formula is C20H24N2O3. The number of nitrogens with one attached hydrogen (secondary N) is 2. The number of aliphatic hydroxyl groups is 1. The predicted octanol–water partition coefficient (Wildman–Crippen LogP) is 2.96. The van der Waals surface area contributed by atoms with Crippen molar-refractivity contribution in [3.05, 3.63) is 65.2 Å². The maximum Gasteiger partial charge on any atom is 0.315 e. The molecule has 0 saturated heterocycles. The van der Waals surface area contributed by atoms with E-state index in [1.165, 1.54) is 11.1 Å². The van der Waals surface area contributed by atoms with Crippen LogP contribution in [0.2, 0.25) is 0 Å². The minimum absolute atomic E-state index is 0.00864. The first-order valence-corrected chi connectivity index (χ1v) is 8.52. The van der Waals surface area contributed by atoms with Gasteiger partial charge in [0.1, 0.15) is 5.75 Å². The van der Waals surface area contributed by atoms with Crippen molar-refractivity contribution < 1.29 is 14.6 Å². The molecule has 2 amide bonds. The van der Waals surface area contributed by atoms with Gasteiger partial charge in [-0.2, -0.15) is 0 Å². The maximum atomic E-state index is 12.2. The van der Waals surface area contributed by atoms with E-state index in [1.807, 2.05) is 12.1 Å². The largest absolute Gasteiger partial charge is 0.497 e. The molecule has 1 aliphatic carbocycles. The lowest BCUT2D eigenvalue weighted by atomic mass is 10.0. The van der Waals surface area contributed by atoms with Crippen LogP contribution in [0.1, 0.15) is 35.8 Å². The Morgan fingerprint density at radius 3 is 2.68 bits per heavy atom. The molecule has 0 fully saturated rings. The Kier molecular flexibility index (Phi) is 5.24. The molecule has 132 valence electrons. The molecule has 5 heteroatoms. The normalized spacial score (nSPS) is 19.8. The number of hydrogen-bond donors (Lipinski definition) is 3. The zero-order chi connectivity index (χ0) is 17.8. The molecule has 2 aromatic rings. The molecule has 0 heterocycles. The van der Waals surface area contributed by atoms with Crippen LogP contribution in [0.15, 0.2) is 48.5 Å². The molecule has 0 aliphatic heterocycles. The van der Waals surface area contributed by atoms with Crippen molar-refractivity contribution in [2.45, 2.75) is 25.5 Å². The lowest BCUT2D eigenvalue weighted by molar-refractivity contribution is 0.172. The molecule has 0 radical (unpaired) electrons. The Hall–Kier alpha value is -2.53. The average molecular weight is 340 g/mol. The molecule has 3 N–H and O–H groups in total. The fourth-order valence-electron chi connectivity index (χ4n) is 3.34. The van der Waals surface area contributed by atoms with Crippen molar-refractivity contribution >= 4 is 6.03 Å². The van der Waals surface area contributed by atoms with Crippen LogP contribution in [0.3, 0.4) is 0 Å². The van der Waals surface area contributed by atoms with E-state index >= 15 is 0 Å². The zero-order valence-electron chi connectivity index (χ0n) is 14.5. The third kappa shape index (κ3) is 3.94. The van der Waals surface area contributed by atoms with Gasteiger partial charge in [0.15, 0.2) is 0 Å². The first-order chi connectivity index (χ1) is 12.1. The van der Waals surface area contributed by atoms with Gasteiger partial charge in [-0.25, -0.2) is 4.79 Å². The molecule has 0 saturated carbocycles. The molecule has 2 aromatic carbocycles. The van der Waals surface area contributed by atoms with Crippen LogP contribution in [0.25, 0.3) is 0 Å². The average Bonchev–Trinajstić information content (AvgIpc) is 2.95. The van der Waals surface area contributed by atoms with Gasteiger partial charge in [0, 0.05) is 6.54 Å². The molecule has 5 nitrogen and oxygen atoms in total. The van der Waals surface area contributed by atoms with Crippen LogP contribution in [-0.4, -0.2) is 24.8 Å². The summed E-state index contributed by atoms with van der Waals surface area (Å²) >= 11 is 0. The van der Waals surface area contributed by atoms with E-state index in [1.54, 1.807) is 31.4 Å². The molecule has 3 unspecified atom stereocenters. The summed E-state index contributed by atoms with van der Waals surface area (Å²) in [6.07, 6.45) is 0.209. The van der Waals surface area contributed by atoms with E-state index in [9.17, 15) is 9.90 Å². The number of aliphatic hydroxyl groups excluding tert-OH is 1. The second-order valence-electron chi connectivity index (χ2n) is 6.50. The Labute approximate surface area is 148 Å². The first kappa shape index (κ1) is 17.3. The van der Waals surface area contributed by atoms with Gasteiger partial charge in [0.2, 0.25) is 0 Å². The number of methoxy groups -OCH3 is 1. The van der Waals surface area contributed by atoms with E-state index in [2.05, 4.69) is 29.7 Å². The van der Waals surface area contributed by atoms with Crippen LogP contribution in [-0.2, 0) is 6.42 Å².